The van der Waals surface area contributed by atoms with Crippen molar-refractivity contribution in [3.05, 3.63) is 28.8 Å². The van der Waals surface area contributed by atoms with Crippen molar-refractivity contribution in [1.82, 2.24) is 4.90 Å². The molecular weight excluding hydrogens is 256 g/mol. The molecule has 0 aliphatic carbocycles. The van der Waals surface area contributed by atoms with E-state index in [-0.39, 0.29) is 16.5 Å². The standard InChI is InChI=1S/C12H13ClN2O3/c13-10-7(3-1-4-8(10)14)11(16)15-6-2-5-9(15)12(17)18/h1,3-4,9H,2,5-6,14H2,(H,17,18). The number of amides is 1. The molecule has 1 atom stereocenters. The van der Waals surface area contributed by atoms with Crippen molar-refractivity contribution in [2.45, 2.75) is 18.9 Å². The number of halogens is 1. The minimum Gasteiger partial charge on any atom is -0.480 e. The Morgan fingerprint density at radius 3 is 2.83 bits per heavy atom. The van der Waals surface area contributed by atoms with Gasteiger partial charge in [-0.1, -0.05) is 17.7 Å². The number of carboxylic acids is 1. The molecule has 1 amide bonds. The normalized spacial score (nSPS) is 18.9. The third-order valence-corrected chi connectivity index (χ3v) is 3.48. The lowest BCUT2D eigenvalue weighted by Crippen LogP contribution is -2.40. The zero-order valence-corrected chi connectivity index (χ0v) is 10.4. The van der Waals surface area contributed by atoms with Gasteiger partial charge in [0.2, 0.25) is 0 Å². The Kier molecular flexibility index (Phi) is 3.43. The van der Waals surface area contributed by atoms with E-state index < -0.39 is 12.0 Å². The van der Waals surface area contributed by atoms with Crippen molar-refractivity contribution in [3.63, 3.8) is 0 Å². The highest BCUT2D eigenvalue weighted by Crippen LogP contribution is 2.27. The molecule has 1 aromatic rings. The van der Waals surface area contributed by atoms with Crippen molar-refractivity contribution in [2.75, 3.05) is 12.3 Å². The molecule has 1 aromatic carbocycles. The highest BCUT2D eigenvalue weighted by atomic mass is 35.5. The molecular formula is C12H13ClN2O3. The van der Waals surface area contributed by atoms with E-state index in [0.29, 0.717) is 25.1 Å². The lowest BCUT2D eigenvalue weighted by Gasteiger charge is -2.22. The summed E-state index contributed by atoms with van der Waals surface area (Å²) >= 11 is 5.97. The van der Waals surface area contributed by atoms with Gasteiger partial charge in [0.15, 0.2) is 0 Å². The number of hydrogen-bond donors (Lipinski definition) is 2. The summed E-state index contributed by atoms with van der Waals surface area (Å²) in [6.45, 7) is 0.431. The molecule has 1 saturated heterocycles. The SMILES string of the molecule is Nc1cccc(C(=O)N2CCCC2C(=O)O)c1Cl. The number of carboxylic acid groups (broad SMARTS) is 1. The second kappa shape index (κ2) is 4.86. The molecule has 1 fully saturated rings. The number of nitrogens with two attached hydrogens (primary N) is 1. The van der Waals surface area contributed by atoms with Gasteiger partial charge in [0.1, 0.15) is 6.04 Å². The summed E-state index contributed by atoms with van der Waals surface area (Å²) in [4.78, 5) is 24.6. The van der Waals surface area contributed by atoms with E-state index in [1.54, 1.807) is 18.2 Å². The molecule has 1 heterocycles. The quantitative estimate of drug-likeness (QED) is 0.798. The second-order valence-corrected chi connectivity index (χ2v) is 4.58. The van der Waals surface area contributed by atoms with Crippen LogP contribution >= 0.6 is 11.6 Å². The molecule has 0 bridgehead atoms. The zero-order valence-electron chi connectivity index (χ0n) is 9.60. The van der Waals surface area contributed by atoms with Crippen LogP contribution in [0.3, 0.4) is 0 Å². The number of likely N-dealkylation sites (tertiary alicyclic amines) is 1. The van der Waals surface area contributed by atoms with Gasteiger partial charge in [-0.2, -0.15) is 0 Å². The van der Waals surface area contributed by atoms with Gasteiger partial charge < -0.3 is 15.7 Å². The number of aliphatic carboxylic acids is 1. The Morgan fingerprint density at radius 2 is 2.17 bits per heavy atom. The van der Waals surface area contributed by atoms with E-state index in [1.165, 1.54) is 4.90 Å². The second-order valence-electron chi connectivity index (χ2n) is 4.20. The van der Waals surface area contributed by atoms with E-state index in [9.17, 15) is 9.59 Å². The number of anilines is 1. The fraction of sp³-hybridized carbons (Fsp3) is 0.333. The Morgan fingerprint density at radius 1 is 1.44 bits per heavy atom. The maximum absolute atomic E-state index is 12.3. The maximum atomic E-state index is 12.3. The van der Waals surface area contributed by atoms with Crippen LogP contribution in [0.15, 0.2) is 18.2 Å². The molecule has 5 nitrogen and oxygen atoms in total. The van der Waals surface area contributed by atoms with Gasteiger partial charge in [-0.05, 0) is 25.0 Å². The van der Waals surface area contributed by atoms with Gasteiger partial charge in [-0.25, -0.2) is 4.79 Å². The number of carbonyl (C=O) groups is 2. The molecule has 1 aliphatic rings. The van der Waals surface area contributed by atoms with Crippen LogP contribution in [-0.2, 0) is 4.79 Å². The third-order valence-electron chi connectivity index (χ3n) is 3.06. The summed E-state index contributed by atoms with van der Waals surface area (Å²) in [5.41, 5.74) is 6.20. The predicted molar refractivity (Wildman–Crippen MR) is 67.6 cm³/mol. The van der Waals surface area contributed by atoms with Crippen LogP contribution in [0.4, 0.5) is 5.69 Å². The van der Waals surface area contributed by atoms with Crippen LogP contribution in [0.2, 0.25) is 5.02 Å². The van der Waals surface area contributed by atoms with E-state index in [2.05, 4.69) is 0 Å². The van der Waals surface area contributed by atoms with Crippen molar-refractivity contribution >= 4 is 29.2 Å². The summed E-state index contributed by atoms with van der Waals surface area (Å²) in [6.07, 6.45) is 1.16. The molecule has 1 aliphatic heterocycles. The van der Waals surface area contributed by atoms with E-state index in [1.807, 2.05) is 0 Å². The summed E-state index contributed by atoms with van der Waals surface area (Å²) in [5, 5.41) is 9.23. The molecule has 18 heavy (non-hydrogen) atoms. The first kappa shape index (κ1) is 12.7. The van der Waals surface area contributed by atoms with Crippen molar-refractivity contribution in [1.29, 1.82) is 0 Å². The van der Waals surface area contributed by atoms with E-state index >= 15 is 0 Å². The lowest BCUT2D eigenvalue weighted by atomic mass is 10.1. The number of hydrogen-bond acceptors (Lipinski definition) is 3. The molecule has 0 aromatic heterocycles. The first-order valence-corrected chi connectivity index (χ1v) is 5.98. The van der Waals surface area contributed by atoms with E-state index in [4.69, 9.17) is 22.4 Å². The number of carbonyl (C=O) groups excluding carboxylic acids is 1. The van der Waals surface area contributed by atoms with E-state index in [0.717, 1.165) is 0 Å². The Bertz CT molecular complexity index is 504. The molecule has 0 saturated carbocycles. The van der Waals surface area contributed by atoms with Gasteiger partial charge in [-0.3, -0.25) is 4.79 Å². The fourth-order valence-corrected chi connectivity index (χ4v) is 2.34. The van der Waals surface area contributed by atoms with Gasteiger partial charge in [0.25, 0.3) is 5.91 Å². The Labute approximate surface area is 109 Å². The summed E-state index contributed by atoms with van der Waals surface area (Å²) < 4.78 is 0. The average molecular weight is 269 g/mol. The van der Waals surface area contributed by atoms with Gasteiger partial charge in [-0.15, -0.1) is 0 Å². The molecule has 0 spiro atoms. The van der Waals surface area contributed by atoms with Crippen LogP contribution in [0.5, 0.6) is 0 Å². The number of benzene rings is 1. The summed E-state index contributed by atoms with van der Waals surface area (Å²) in [5.74, 6) is -1.36. The summed E-state index contributed by atoms with van der Waals surface area (Å²) in [7, 11) is 0. The molecule has 2 rings (SSSR count). The number of nitrogen functional groups attached to an aromatic ring is 1. The average Bonchev–Trinajstić information content (AvgIpc) is 2.81. The molecule has 6 heteroatoms. The van der Waals surface area contributed by atoms with Crippen LogP contribution in [0, 0.1) is 0 Å². The molecule has 1 unspecified atom stereocenters. The topological polar surface area (TPSA) is 83.6 Å². The minimum atomic E-state index is -0.985. The Balaban J connectivity index is 2.31. The van der Waals surface area contributed by atoms with Crippen molar-refractivity contribution in [3.8, 4) is 0 Å². The highest BCUT2D eigenvalue weighted by molar-refractivity contribution is 6.36. The largest absolute Gasteiger partial charge is 0.480 e. The van der Waals surface area contributed by atoms with Crippen molar-refractivity contribution in [2.24, 2.45) is 0 Å². The highest BCUT2D eigenvalue weighted by Gasteiger charge is 2.35. The summed E-state index contributed by atoms with van der Waals surface area (Å²) in [6, 6.07) is 4.01. The van der Waals surface area contributed by atoms with Crippen LogP contribution in [0.25, 0.3) is 0 Å². The lowest BCUT2D eigenvalue weighted by molar-refractivity contribution is -0.141. The molecule has 0 radical (unpaired) electrons. The minimum absolute atomic E-state index is 0.179. The predicted octanol–water partition coefficient (Wildman–Crippen LogP) is 1.61. The van der Waals surface area contributed by atoms with Gasteiger partial charge in [0, 0.05) is 6.54 Å². The number of nitrogens with zero attached hydrogens (tertiary/aromatic N) is 1. The fourth-order valence-electron chi connectivity index (χ4n) is 2.14. The van der Waals surface area contributed by atoms with Gasteiger partial charge in [0.05, 0.1) is 16.3 Å². The first-order chi connectivity index (χ1) is 8.52. The van der Waals surface area contributed by atoms with Crippen LogP contribution in [0.1, 0.15) is 23.2 Å². The van der Waals surface area contributed by atoms with Crippen LogP contribution in [-0.4, -0.2) is 34.5 Å². The van der Waals surface area contributed by atoms with Gasteiger partial charge >= 0.3 is 5.97 Å². The monoisotopic (exact) mass is 268 g/mol. The Hall–Kier alpha value is -1.75. The molecule has 3 N–H and O–H groups in total. The van der Waals surface area contributed by atoms with Crippen LogP contribution < -0.4 is 5.73 Å². The third kappa shape index (κ3) is 2.13. The first-order valence-electron chi connectivity index (χ1n) is 5.60. The number of rotatable bonds is 2. The zero-order chi connectivity index (χ0) is 13.3. The molecule has 96 valence electrons. The van der Waals surface area contributed by atoms with Crippen molar-refractivity contribution < 1.29 is 14.7 Å². The smallest absolute Gasteiger partial charge is 0.326 e. The maximum Gasteiger partial charge on any atom is 0.326 e.